The first-order chi connectivity index (χ1) is 11.8. The number of hydrogen-bond acceptors (Lipinski definition) is 6. The molecule has 1 N–H and O–H groups in total. The Balaban J connectivity index is 2.77. The predicted molar refractivity (Wildman–Crippen MR) is 93.5 cm³/mol. The first-order valence-corrected chi connectivity index (χ1v) is 8.29. The molecule has 1 aromatic rings. The summed E-state index contributed by atoms with van der Waals surface area (Å²) in [6, 6.07) is 5.04. The molecular weight excluding hydrogens is 338 g/mol. The molecule has 0 bridgehead atoms. The van der Waals surface area contributed by atoms with Crippen molar-refractivity contribution in [2.75, 3.05) is 0 Å². The fourth-order valence-electron chi connectivity index (χ4n) is 1.99. The minimum absolute atomic E-state index is 0.00379. The van der Waals surface area contributed by atoms with Gasteiger partial charge in [0.05, 0.1) is 17.6 Å². The average molecular weight is 364 g/mol. The monoisotopic (exact) mass is 364 g/mol. The average Bonchev–Trinajstić information content (AvgIpc) is 2.43. The van der Waals surface area contributed by atoms with E-state index >= 15 is 0 Å². The van der Waals surface area contributed by atoms with Crippen molar-refractivity contribution < 1.29 is 29.0 Å². The molecule has 0 aliphatic heterocycles. The fraction of sp³-hybridized carbons (Fsp3) is 0.526. The van der Waals surface area contributed by atoms with Crippen LogP contribution < -0.4 is 10.4 Å². The molecule has 1 aromatic carbocycles. The molecule has 7 heteroatoms. The summed E-state index contributed by atoms with van der Waals surface area (Å²) in [6.45, 7) is 10.3. The van der Waals surface area contributed by atoms with E-state index < -0.39 is 35.3 Å². The van der Waals surface area contributed by atoms with Crippen LogP contribution in [0.5, 0.6) is 0 Å². The van der Waals surface area contributed by atoms with Crippen LogP contribution in [0.25, 0.3) is 0 Å². The number of alkyl carbamates (subject to hydrolysis) is 1. The normalized spacial score (nSPS) is 12.8. The predicted octanol–water partition coefficient (Wildman–Crippen LogP) is 1.83. The van der Waals surface area contributed by atoms with Crippen molar-refractivity contribution >= 4 is 18.0 Å². The Labute approximate surface area is 153 Å². The number of rotatable bonds is 5. The second-order valence-corrected chi connectivity index (χ2v) is 7.92. The summed E-state index contributed by atoms with van der Waals surface area (Å²) in [5.41, 5.74) is -0.376. The van der Waals surface area contributed by atoms with Gasteiger partial charge < -0.3 is 24.7 Å². The Hall–Kier alpha value is -2.57. The lowest BCUT2D eigenvalue weighted by atomic mass is 10.0. The van der Waals surface area contributed by atoms with Crippen LogP contribution in [0, 0.1) is 0 Å². The van der Waals surface area contributed by atoms with Crippen molar-refractivity contribution in [3.05, 3.63) is 35.4 Å². The maximum absolute atomic E-state index is 12.0. The SMILES string of the molecule is CC(C)(C)OC(=O)N[C@@H](Cc1ccc(C(=O)OC(C)(C)C)cc1)C(=O)[O-]. The number of benzene rings is 1. The number of carboxylic acids is 1. The van der Waals surface area contributed by atoms with E-state index in [-0.39, 0.29) is 6.42 Å². The molecule has 0 aliphatic carbocycles. The third-order valence-electron chi connectivity index (χ3n) is 3.00. The molecule has 1 rings (SSSR count). The van der Waals surface area contributed by atoms with E-state index in [1.165, 1.54) is 0 Å². The van der Waals surface area contributed by atoms with Gasteiger partial charge >= 0.3 is 12.1 Å². The Bertz CT molecular complexity index is 652. The molecule has 0 aromatic heterocycles. The minimum atomic E-state index is -1.42. The number of aliphatic carboxylic acids is 1. The van der Waals surface area contributed by atoms with Gasteiger partial charge in [-0.25, -0.2) is 9.59 Å². The molecule has 144 valence electrons. The zero-order valence-corrected chi connectivity index (χ0v) is 16.0. The van der Waals surface area contributed by atoms with Crippen LogP contribution >= 0.6 is 0 Å². The summed E-state index contributed by atoms with van der Waals surface area (Å²) in [5, 5.41) is 13.6. The molecule has 0 heterocycles. The van der Waals surface area contributed by atoms with E-state index in [0.717, 1.165) is 0 Å². The van der Waals surface area contributed by atoms with Crippen molar-refractivity contribution in [2.45, 2.75) is 65.2 Å². The lowest BCUT2D eigenvalue weighted by molar-refractivity contribution is -0.308. The van der Waals surface area contributed by atoms with Gasteiger partial charge in [-0.1, -0.05) is 12.1 Å². The molecule has 0 unspecified atom stereocenters. The Morgan fingerprint density at radius 2 is 1.46 bits per heavy atom. The minimum Gasteiger partial charge on any atom is -0.548 e. The topological polar surface area (TPSA) is 105 Å². The van der Waals surface area contributed by atoms with Crippen LogP contribution in [0.15, 0.2) is 24.3 Å². The maximum atomic E-state index is 12.0. The highest BCUT2D eigenvalue weighted by atomic mass is 16.6. The number of esters is 1. The van der Waals surface area contributed by atoms with Crippen molar-refractivity contribution in [3.63, 3.8) is 0 Å². The Morgan fingerprint density at radius 3 is 1.88 bits per heavy atom. The van der Waals surface area contributed by atoms with Gasteiger partial charge in [0.15, 0.2) is 0 Å². The maximum Gasteiger partial charge on any atom is 0.408 e. The van der Waals surface area contributed by atoms with Crippen LogP contribution in [-0.4, -0.2) is 35.3 Å². The lowest BCUT2D eigenvalue weighted by Crippen LogP contribution is -2.50. The highest BCUT2D eigenvalue weighted by Crippen LogP contribution is 2.14. The number of carbonyl (C=O) groups is 3. The summed E-state index contributed by atoms with van der Waals surface area (Å²) in [5.74, 6) is -1.89. The largest absolute Gasteiger partial charge is 0.548 e. The van der Waals surface area contributed by atoms with E-state index in [1.54, 1.807) is 65.8 Å². The highest BCUT2D eigenvalue weighted by Gasteiger charge is 2.21. The van der Waals surface area contributed by atoms with Crippen LogP contribution in [0.1, 0.15) is 57.5 Å². The smallest absolute Gasteiger partial charge is 0.408 e. The molecular formula is C19H26NO6-. The number of hydrogen-bond donors (Lipinski definition) is 1. The summed E-state index contributed by atoms with van der Waals surface area (Å²) in [7, 11) is 0. The van der Waals surface area contributed by atoms with Gasteiger partial charge in [-0.2, -0.15) is 0 Å². The molecule has 0 aliphatic rings. The van der Waals surface area contributed by atoms with Crippen molar-refractivity contribution in [1.29, 1.82) is 0 Å². The number of nitrogens with one attached hydrogen (secondary N) is 1. The van der Waals surface area contributed by atoms with Gasteiger partial charge in [0.25, 0.3) is 0 Å². The van der Waals surface area contributed by atoms with Crippen LogP contribution in [0.2, 0.25) is 0 Å². The standard InChI is InChI=1S/C19H27NO6/c1-18(2,3)25-16(23)13-9-7-12(8-10-13)11-14(15(21)22)20-17(24)26-19(4,5)6/h7-10,14H,11H2,1-6H3,(H,20,24)(H,21,22)/p-1/t14-/m0/s1. The van der Waals surface area contributed by atoms with Crippen molar-refractivity contribution in [2.24, 2.45) is 0 Å². The zero-order valence-electron chi connectivity index (χ0n) is 16.0. The van der Waals surface area contributed by atoms with Gasteiger partial charge in [-0.05, 0) is 65.7 Å². The Morgan fingerprint density at radius 1 is 0.962 bits per heavy atom. The Kier molecular flexibility index (Phi) is 6.78. The summed E-state index contributed by atoms with van der Waals surface area (Å²) in [4.78, 5) is 35.0. The van der Waals surface area contributed by atoms with Gasteiger partial charge in [-0.3, -0.25) is 0 Å². The summed E-state index contributed by atoms with van der Waals surface area (Å²) >= 11 is 0. The number of carboxylic acid groups (broad SMARTS) is 1. The molecule has 1 amide bonds. The van der Waals surface area contributed by atoms with Gasteiger partial charge in [-0.15, -0.1) is 0 Å². The number of carbonyl (C=O) groups excluding carboxylic acids is 3. The molecule has 0 radical (unpaired) electrons. The summed E-state index contributed by atoms with van der Waals surface area (Å²) in [6.07, 6.45) is -0.840. The van der Waals surface area contributed by atoms with Crippen molar-refractivity contribution in [3.8, 4) is 0 Å². The van der Waals surface area contributed by atoms with E-state index in [0.29, 0.717) is 11.1 Å². The van der Waals surface area contributed by atoms with Gasteiger partial charge in [0, 0.05) is 0 Å². The molecule has 7 nitrogen and oxygen atoms in total. The second kappa shape index (κ2) is 8.21. The lowest BCUT2D eigenvalue weighted by Gasteiger charge is -2.24. The zero-order chi connectivity index (χ0) is 20.1. The first-order valence-electron chi connectivity index (χ1n) is 8.29. The van der Waals surface area contributed by atoms with Gasteiger partial charge in [0.1, 0.15) is 11.2 Å². The molecule has 0 fully saturated rings. The van der Waals surface area contributed by atoms with E-state index in [4.69, 9.17) is 9.47 Å². The fourth-order valence-corrected chi connectivity index (χ4v) is 1.99. The number of ether oxygens (including phenoxy) is 2. The molecule has 0 saturated carbocycles. The summed E-state index contributed by atoms with van der Waals surface area (Å²) < 4.78 is 10.3. The third-order valence-corrected chi connectivity index (χ3v) is 3.00. The highest BCUT2D eigenvalue weighted by molar-refractivity contribution is 5.89. The van der Waals surface area contributed by atoms with Crippen molar-refractivity contribution in [1.82, 2.24) is 5.32 Å². The number of amides is 1. The van der Waals surface area contributed by atoms with Gasteiger partial charge in [0.2, 0.25) is 0 Å². The second-order valence-electron chi connectivity index (χ2n) is 7.92. The van der Waals surface area contributed by atoms with E-state index in [9.17, 15) is 19.5 Å². The molecule has 26 heavy (non-hydrogen) atoms. The quantitative estimate of drug-likeness (QED) is 0.799. The molecule has 1 atom stereocenters. The third kappa shape index (κ3) is 8.00. The van der Waals surface area contributed by atoms with E-state index in [2.05, 4.69) is 5.32 Å². The van der Waals surface area contributed by atoms with E-state index in [1.807, 2.05) is 0 Å². The first kappa shape index (κ1) is 21.5. The van der Waals surface area contributed by atoms with Crippen LogP contribution in [0.3, 0.4) is 0 Å². The van der Waals surface area contributed by atoms with Crippen LogP contribution in [-0.2, 0) is 20.7 Å². The van der Waals surface area contributed by atoms with Crippen LogP contribution in [0.4, 0.5) is 4.79 Å². The molecule has 0 saturated heterocycles. The molecule has 0 spiro atoms.